The molecule has 0 saturated carbocycles. The molecule has 0 fully saturated rings. The highest BCUT2D eigenvalue weighted by Gasteiger charge is 2.03. The number of hydrogen-bond acceptors (Lipinski definition) is 3. The molecule has 0 radical (unpaired) electrons. The van der Waals surface area contributed by atoms with E-state index in [0.29, 0.717) is 17.7 Å². The molecule has 0 spiro atoms. The highest BCUT2D eigenvalue weighted by molar-refractivity contribution is 6.16. The van der Waals surface area contributed by atoms with Gasteiger partial charge in [-0.05, 0) is 6.42 Å². The van der Waals surface area contributed by atoms with Gasteiger partial charge in [0.1, 0.15) is 5.88 Å². The molecule has 1 heterocycles. The van der Waals surface area contributed by atoms with Gasteiger partial charge in [0, 0.05) is 6.42 Å². The van der Waals surface area contributed by atoms with E-state index >= 15 is 0 Å². The summed E-state index contributed by atoms with van der Waals surface area (Å²) in [6.45, 7) is 2.19. The van der Waals surface area contributed by atoms with Gasteiger partial charge in [0.2, 0.25) is 11.8 Å². The topological polar surface area (TPSA) is 38.9 Å². The number of unbranched alkanes of at least 4 members (excludes halogenated alkanes) is 3. The molecule has 1 rings (SSSR count). The van der Waals surface area contributed by atoms with Crippen LogP contribution in [-0.4, -0.2) is 10.2 Å². The lowest BCUT2D eigenvalue weighted by atomic mass is 10.1. The van der Waals surface area contributed by atoms with Crippen molar-refractivity contribution in [3.05, 3.63) is 11.8 Å². The highest BCUT2D eigenvalue weighted by Crippen LogP contribution is 2.08. The largest absolute Gasteiger partial charge is 0.424 e. The number of halogens is 1. The molecule has 0 atom stereocenters. The van der Waals surface area contributed by atoms with Crippen molar-refractivity contribution in [3.63, 3.8) is 0 Å². The Morgan fingerprint density at radius 1 is 1.15 bits per heavy atom. The molecule has 0 bridgehead atoms. The fraction of sp³-hybridized carbons (Fsp3) is 0.778. The van der Waals surface area contributed by atoms with Crippen LogP contribution in [0.15, 0.2) is 4.42 Å². The van der Waals surface area contributed by atoms with Gasteiger partial charge >= 0.3 is 0 Å². The maximum absolute atomic E-state index is 5.53. The molecule has 3 nitrogen and oxygen atoms in total. The van der Waals surface area contributed by atoms with Crippen molar-refractivity contribution >= 4 is 11.6 Å². The predicted molar refractivity (Wildman–Crippen MR) is 51.7 cm³/mol. The van der Waals surface area contributed by atoms with E-state index in [1.54, 1.807) is 0 Å². The van der Waals surface area contributed by atoms with Crippen LogP contribution in [0.3, 0.4) is 0 Å². The molecule has 0 aliphatic carbocycles. The third kappa shape index (κ3) is 3.77. The molecular formula is C9H15ClN2O. The van der Waals surface area contributed by atoms with Crippen molar-refractivity contribution in [2.75, 3.05) is 0 Å². The van der Waals surface area contributed by atoms with E-state index in [1.165, 1.54) is 19.3 Å². The van der Waals surface area contributed by atoms with Gasteiger partial charge < -0.3 is 4.42 Å². The van der Waals surface area contributed by atoms with E-state index in [-0.39, 0.29) is 0 Å². The van der Waals surface area contributed by atoms with Crippen LogP contribution in [0.4, 0.5) is 0 Å². The Hall–Kier alpha value is -0.570. The van der Waals surface area contributed by atoms with Gasteiger partial charge in [-0.15, -0.1) is 21.8 Å². The summed E-state index contributed by atoms with van der Waals surface area (Å²) in [6, 6.07) is 0. The molecule has 0 aliphatic rings. The van der Waals surface area contributed by atoms with Crippen molar-refractivity contribution in [2.24, 2.45) is 0 Å². The average Bonchev–Trinajstić information content (AvgIpc) is 2.60. The van der Waals surface area contributed by atoms with Gasteiger partial charge in [-0.2, -0.15) is 0 Å². The van der Waals surface area contributed by atoms with E-state index in [0.717, 1.165) is 12.8 Å². The van der Waals surface area contributed by atoms with Gasteiger partial charge in [-0.3, -0.25) is 0 Å². The lowest BCUT2D eigenvalue weighted by Gasteiger charge is -1.94. The Bertz CT molecular complexity index is 237. The number of nitrogens with zero attached hydrogens (tertiary/aromatic N) is 2. The van der Waals surface area contributed by atoms with E-state index in [1.807, 2.05) is 0 Å². The van der Waals surface area contributed by atoms with Crippen LogP contribution in [0.1, 0.15) is 44.4 Å². The quantitative estimate of drug-likeness (QED) is 0.526. The third-order valence-corrected chi connectivity index (χ3v) is 2.10. The smallest absolute Gasteiger partial charge is 0.231 e. The predicted octanol–water partition coefficient (Wildman–Crippen LogP) is 2.93. The molecule has 0 saturated heterocycles. The molecule has 74 valence electrons. The maximum atomic E-state index is 5.53. The first-order chi connectivity index (χ1) is 6.36. The summed E-state index contributed by atoms with van der Waals surface area (Å²) in [6.07, 6.45) is 5.75. The fourth-order valence-electron chi connectivity index (χ4n) is 1.15. The Labute approximate surface area is 83.5 Å². The Kier molecular flexibility index (Phi) is 4.83. The minimum absolute atomic E-state index is 0.308. The van der Waals surface area contributed by atoms with E-state index < -0.39 is 0 Å². The minimum Gasteiger partial charge on any atom is -0.424 e. The molecular weight excluding hydrogens is 188 g/mol. The molecule has 0 amide bonds. The lowest BCUT2D eigenvalue weighted by Crippen LogP contribution is -1.85. The molecule has 13 heavy (non-hydrogen) atoms. The van der Waals surface area contributed by atoms with Gasteiger partial charge in [0.05, 0.1) is 0 Å². The molecule has 4 heteroatoms. The standard InChI is InChI=1S/C9H15ClN2O/c1-2-3-4-5-6-8-11-12-9(7-10)13-8/h2-7H2,1H3. The molecule has 0 aromatic carbocycles. The van der Waals surface area contributed by atoms with Crippen molar-refractivity contribution in [1.82, 2.24) is 10.2 Å². The molecule has 0 N–H and O–H groups in total. The first kappa shape index (κ1) is 10.5. The summed E-state index contributed by atoms with van der Waals surface area (Å²) in [5.74, 6) is 1.54. The third-order valence-electron chi connectivity index (χ3n) is 1.87. The number of aryl methyl sites for hydroxylation is 1. The van der Waals surface area contributed by atoms with E-state index in [9.17, 15) is 0 Å². The Morgan fingerprint density at radius 2 is 1.92 bits per heavy atom. The summed E-state index contributed by atoms with van der Waals surface area (Å²) in [5, 5.41) is 7.67. The van der Waals surface area contributed by atoms with Crippen LogP contribution in [0.5, 0.6) is 0 Å². The zero-order chi connectivity index (χ0) is 9.52. The minimum atomic E-state index is 0.308. The lowest BCUT2D eigenvalue weighted by molar-refractivity contribution is 0.453. The van der Waals surface area contributed by atoms with Crippen molar-refractivity contribution in [1.29, 1.82) is 0 Å². The van der Waals surface area contributed by atoms with Crippen LogP contribution in [0, 0.1) is 0 Å². The monoisotopic (exact) mass is 202 g/mol. The summed E-state index contributed by atoms with van der Waals surface area (Å²) in [4.78, 5) is 0. The highest BCUT2D eigenvalue weighted by atomic mass is 35.5. The van der Waals surface area contributed by atoms with Crippen LogP contribution in [-0.2, 0) is 12.3 Å². The number of aromatic nitrogens is 2. The Morgan fingerprint density at radius 3 is 2.54 bits per heavy atom. The maximum Gasteiger partial charge on any atom is 0.231 e. The first-order valence-electron chi connectivity index (χ1n) is 4.74. The normalized spacial score (nSPS) is 10.6. The van der Waals surface area contributed by atoms with Crippen LogP contribution >= 0.6 is 11.6 Å². The van der Waals surface area contributed by atoms with E-state index in [4.69, 9.17) is 16.0 Å². The second kappa shape index (κ2) is 5.97. The second-order valence-corrected chi connectivity index (χ2v) is 3.30. The second-order valence-electron chi connectivity index (χ2n) is 3.03. The van der Waals surface area contributed by atoms with E-state index in [2.05, 4.69) is 17.1 Å². The molecule has 1 aromatic heterocycles. The van der Waals surface area contributed by atoms with Gasteiger partial charge in [-0.25, -0.2) is 0 Å². The summed E-state index contributed by atoms with van der Waals surface area (Å²) >= 11 is 5.53. The number of alkyl halides is 1. The fourth-order valence-corrected chi connectivity index (χ4v) is 1.25. The van der Waals surface area contributed by atoms with Gasteiger partial charge in [-0.1, -0.05) is 26.2 Å². The molecule has 0 unspecified atom stereocenters. The first-order valence-corrected chi connectivity index (χ1v) is 5.27. The van der Waals surface area contributed by atoms with Crippen molar-refractivity contribution < 1.29 is 4.42 Å². The molecule has 1 aromatic rings. The summed E-state index contributed by atoms with van der Waals surface area (Å²) < 4.78 is 5.26. The zero-order valence-electron chi connectivity index (χ0n) is 7.92. The average molecular weight is 203 g/mol. The number of rotatable bonds is 6. The van der Waals surface area contributed by atoms with Gasteiger partial charge in [0.25, 0.3) is 0 Å². The van der Waals surface area contributed by atoms with Crippen LogP contribution in [0.2, 0.25) is 0 Å². The summed E-state index contributed by atoms with van der Waals surface area (Å²) in [7, 11) is 0. The Balaban J connectivity index is 2.20. The van der Waals surface area contributed by atoms with Crippen molar-refractivity contribution in [3.8, 4) is 0 Å². The van der Waals surface area contributed by atoms with Crippen molar-refractivity contribution in [2.45, 2.75) is 44.9 Å². The van der Waals surface area contributed by atoms with Gasteiger partial charge in [0.15, 0.2) is 0 Å². The summed E-state index contributed by atoms with van der Waals surface area (Å²) in [5.41, 5.74) is 0. The molecule has 0 aliphatic heterocycles. The van der Waals surface area contributed by atoms with Crippen LogP contribution < -0.4 is 0 Å². The van der Waals surface area contributed by atoms with Crippen LogP contribution in [0.25, 0.3) is 0 Å². The zero-order valence-corrected chi connectivity index (χ0v) is 8.68. The number of hydrogen-bond donors (Lipinski definition) is 0. The SMILES string of the molecule is CCCCCCc1nnc(CCl)o1.